The smallest absolute Gasteiger partial charge is 0.258 e. The Morgan fingerprint density at radius 3 is 2.96 bits per heavy atom. The van der Waals surface area contributed by atoms with Crippen molar-refractivity contribution in [3.63, 3.8) is 0 Å². The topological polar surface area (TPSA) is 88.3 Å². The zero-order valence-corrected chi connectivity index (χ0v) is 16.2. The van der Waals surface area contributed by atoms with E-state index in [0.29, 0.717) is 27.2 Å². The molecule has 1 aliphatic heterocycles. The fourth-order valence-electron chi connectivity index (χ4n) is 2.52. The molecule has 4 rings (SSSR count). The number of hydrogen-bond acceptors (Lipinski definition) is 7. The predicted molar refractivity (Wildman–Crippen MR) is 104 cm³/mol. The average molecular weight is 421 g/mol. The van der Waals surface area contributed by atoms with E-state index in [9.17, 15) is 9.59 Å². The summed E-state index contributed by atoms with van der Waals surface area (Å²) in [5.74, 6) is -0.0963. The molecule has 27 heavy (non-hydrogen) atoms. The highest BCUT2D eigenvalue weighted by molar-refractivity contribution is 8.00. The van der Waals surface area contributed by atoms with E-state index in [0.717, 1.165) is 17.3 Å². The number of hydrazine groups is 1. The molecule has 1 saturated heterocycles. The molecule has 1 unspecified atom stereocenters. The second-order valence-corrected chi connectivity index (χ2v) is 8.04. The first-order valence-corrected chi connectivity index (χ1v) is 10.3. The Balaban J connectivity index is 1.39. The molecular formula is C17H13ClN4O3S2. The molecular weight excluding hydrogens is 408 g/mol. The molecule has 2 aromatic heterocycles. The molecule has 1 atom stereocenters. The molecule has 3 heterocycles. The van der Waals surface area contributed by atoms with Crippen LogP contribution in [0.1, 0.15) is 10.9 Å². The van der Waals surface area contributed by atoms with Crippen LogP contribution >= 0.6 is 35.1 Å². The molecule has 3 aromatic rings. The molecule has 10 heteroatoms. The number of halogens is 1. The van der Waals surface area contributed by atoms with Crippen LogP contribution in [0.15, 0.2) is 52.2 Å². The lowest BCUT2D eigenvalue weighted by atomic mass is 10.2. The first-order valence-electron chi connectivity index (χ1n) is 7.93. The van der Waals surface area contributed by atoms with Crippen molar-refractivity contribution in [3.8, 4) is 0 Å². The van der Waals surface area contributed by atoms with Crippen molar-refractivity contribution in [2.24, 2.45) is 0 Å². The van der Waals surface area contributed by atoms with Crippen LogP contribution in [-0.4, -0.2) is 38.3 Å². The van der Waals surface area contributed by atoms with Crippen molar-refractivity contribution in [3.05, 3.63) is 53.2 Å². The van der Waals surface area contributed by atoms with Gasteiger partial charge in [-0.3, -0.25) is 15.0 Å². The van der Waals surface area contributed by atoms with Crippen molar-refractivity contribution >= 4 is 58.2 Å². The maximum absolute atomic E-state index is 12.3. The van der Waals surface area contributed by atoms with E-state index in [-0.39, 0.29) is 22.9 Å². The molecule has 1 N–H and O–H groups in total. The van der Waals surface area contributed by atoms with Gasteiger partial charge in [0.05, 0.1) is 11.5 Å². The number of carbonyl (C=O) groups excluding carboxylic acids is 2. The van der Waals surface area contributed by atoms with Crippen LogP contribution in [0, 0.1) is 0 Å². The zero-order chi connectivity index (χ0) is 18.8. The van der Waals surface area contributed by atoms with Crippen LogP contribution < -0.4 is 5.43 Å². The summed E-state index contributed by atoms with van der Waals surface area (Å²) in [6.45, 7) is 0. The minimum atomic E-state index is -0.315. The standard InChI is InChI=1S/C17H13ClN4O3S2/c18-11-5-3-10(4-6-11)16-22(14(24)9-26-16)21-13(23)8-27-17-20-15-12(25-17)2-1-7-19-15/h1-7,16H,8-9H2,(H,21,23). The molecule has 7 nitrogen and oxygen atoms in total. The van der Waals surface area contributed by atoms with Gasteiger partial charge in [0.1, 0.15) is 5.37 Å². The number of amides is 2. The Morgan fingerprint density at radius 1 is 1.37 bits per heavy atom. The maximum atomic E-state index is 12.3. The van der Waals surface area contributed by atoms with Crippen LogP contribution in [0.25, 0.3) is 11.2 Å². The molecule has 1 fully saturated rings. The van der Waals surface area contributed by atoms with Gasteiger partial charge in [0, 0.05) is 11.2 Å². The van der Waals surface area contributed by atoms with E-state index in [1.807, 2.05) is 12.1 Å². The van der Waals surface area contributed by atoms with Crippen LogP contribution in [-0.2, 0) is 9.59 Å². The largest absolute Gasteiger partial charge is 0.430 e. The lowest BCUT2D eigenvalue weighted by Gasteiger charge is -2.24. The number of thioether (sulfide) groups is 2. The fraction of sp³-hybridized carbons (Fsp3) is 0.176. The van der Waals surface area contributed by atoms with Crippen LogP contribution in [0.2, 0.25) is 5.02 Å². The van der Waals surface area contributed by atoms with Crippen LogP contribution in [0.5, 0.6) is 0 Å². The summed E-state index contributed by atoms with van der Waals surface area (Å²) in [5, 5.41) is 2.06. The van der Waals surface area contributed by atoms with Crippen molar-refractivity contribution in [2.45, 2.75) is 10.6 Å². The van der Waals surface area contributed by atoms with Gasteiger partial charge in [-0.2, -0.15) is 4.98 Å². The normalized spacial score (nSPS) is 16.9. The Hall–Kier alpha value is -2.23. The SMILES string of the molecule is O=C(CSc1nc2ncccc2o1)NN1C(=O)CSC1c1ccc(Cl)cc1. The Kier molecular flexibility index (Phi) is 5.24. The fourth-order valence-corrected chi connectivity index (χ4v) is 4.38. The van der Waals surface area contributed by atoms with Crippen LogP contribution in [0.4, 0.5) is 0 Å². The lowest BCUT2D eigenvalue weighted by molar-refractivity contribution is -0.138. The number of nitrogens with one attached hydrogen (secondary N) is 1. The third-order valence-corrected chi connectivity index (χ3v) is 6.03. The van der Waals surface area contributed by atoms with E-state index in [1.54, 1.807) is 30.5 Å². The number of pyridine rings is 1. The van der Waals surface area contributed by atoms with E-state index >= 15 is 0 Å². The van der Waals surface area contributed by atoms with E-state index < -0.39 is 0 Å². The van der Waals surface area contributed by atoms with Crippen molar-refractivity contribution in [1.82, 2.24) is 20.4 Å². The first-order chi connectivity index (χ1) is 13.1. The van der Waals surface area contributed by atoms with Crippen LogP contribution in [0.3, 0.4) is 0 Å². The summed E-state index contributed by atoms with van der Waals surface area (Å²) in [6, 6.07) is 10.7. The van der Waals surface area contributed by atoms with Gasteiger partial charge in [-0.1, -0.05) is 35.5 Å². The summed E-state index contributed by atoms with van der Waals surface area (Å²) in [7, 11) is 0. The third-order valence-electron chi connectivity index (χ3n) is 3.74. The minimum Gasteiger partial charge on any atom is -0.430 e. The summed E-state index contributed by atoms with van der Waals surface area (Å²) in [6.07, 6.45) is 1.62. The Morgan fingerprint density at radius 2 is 2.19 bits per heavy atom. The molecule has 0 saturated carbocycles. The van der Waals surface area contributed by atoms with Crippen molar-refractivity contribution < 1.29 is 14.0 Å². The maximum Gasteiger partial charge on any atom is 0.258 e. The van der Waals surface area contributed by atoms with Gasteiger partial charge in [0.15, 0.2) is 11.2 Å². The van der Waals surface area contributed by atoms with E-state index in [4.69, 9.17) is 16.0 Å². The minimum absolute atomic E-state index is 0.0641. The van der Waals surface area contributed by atoms with Gasteiger partial charge < -0.3 is 4.42 Å². The molecule has 0 aliphatic carbocycles. The van der Waals surface area contributed by atoms with Gasteiger partial charge in [0.2, 0.25) is 5.91 Å². The lowest BCUT2D eigenvalue weighted by Crippen LogP contribution is -2.45. The zero-order valence-electron chi connectivity index (χ0n) is 13.8. The molecule has 0 radical (unpaired) electrons. The molecule has 138 valence electrons. The predicted octanol–water partition coefficient (Wildman–Crippen LogP) is 3.27. The number of nitrogens with zero attached hydrogens (tertiary/aromatic N) is 3. The second kappa shape index (κ2) is 7.79. The number of carbonyl (C=O) groups is 2. The summed E-state index contributed by atoms with van der Waals surface area (Å²) in [4.78, 5) is 32.8. The molecule has 1 aliphatic rings. The number of benzene rings is 1. The van der Waals surface area contributed by atoms with Gasteiger partial charge >= 0.3 is 0 Å². The molecule has 0 bridgehead atoms. The highest BCUT2D eigenvalue weighted by atomic mass is 35.5. The summed E-state index contributed by atoms with van der Waals surface area (Å²) >= 11 is 8.51. The number of aromatic nitrogens is 2. The summed E-state index contributed by atoms with van der Waals surface area (Å²) in [5.41, 5.74) is 4.64. The quantitative estimate of drug-likeness (QED) is 0.633. The average Bonchev–Trinajstić information content (AvgIpc) is 3.24. The summed E-state index contributed by atoms with van der Waals surface area (Å²) < 4.78 is 5.52. The van der Waals surface area contributed by atoms with E-state index in [1.165, 1.54) is 16.8 Å². The number of rotatable bonds is 5. The second-order valence-electron chi connectivity index (χ2n) is 5.61. The monoisotopic (exact) mass is 420 g/mol. The first kappa shape index (κ1) is 18.1. The molecule has 1 aromatic carbocycles. The van der Waals surface area contributed by atoms with E-state index in [2.05, 4.69) is 15.4 Å². The van der Waals surface area contributed by atoms with Gasteiger partial charge in [0.25, 0.3) is 11.1 Å². The highest BCUT2D eigenvalue weighted by Crippen LogP contribution is 2.37. The van der Waals surface area contributed by atoms with Gasteiger partial charge in [-0.05, 0) is 29.8 Å². The van der Waals surface area contributed by atoms with Gasteiger partial charge in [-0.25, -0.2) is 9.99 Å². The number of hydrogen-bond donors (Lipinski definition) is 1. The Labute approximate surface area is 167 Å². The number of fused-ring (bicyclic) bond motifs is 1. The van der Waals surface area contributed by atoms with Crippen molar-refractivity contribution in [2.75, 3.05) is 11.5 Å². The van der Waals surface area contributed by atoms with Gasteiger partial charge in [-0.15, -0.1) is 11.8 Å². The van der Waals surface area contributed by atoms with Crippen molar-refractivity contribution in [1.29, 1.82) is 0 Å². The highest BCUT2D eigenvalue weighted by Gasteiger charge is 2.34. The molecule has 2 amide bonds. The third kappa shape index (κ3) is 4.05. The Bertz CT molecular complexity index is 962. The molecule has 0 spiro atoms. The number of oxazole rings is 1.